The van der Waals surface area contributed by atoms with Gasteiger partial charge in [0.15, 0.2) is 5.16 Å². The number of halogens is 2. The van der Waals surface area contributed by atoms with Gasteiger partial charge in [-0.25, -0.2) is 9.37 Å². The van der Waals surface area contributed by atoms with Gasteiger partial charge in [0, 0.05) is 9.35 Å². The number of hydrogen-bond donors (Lipinski definition) is 1. The Balaban J connectivity index is 1.71. The molecule has 0 bridgehead atoms. The van der Waals surface area contributed by atoms with E-state index in [1.807, 2.05) is 32.0 Å². The lowest BCUT2D eigenvalue weighted by molar-refractivity contribution is -0.113. The van der Waals surface area contributed by atoms with Crippen LogP contribution in [0.4, 0.5) is 10.1 Å². The molecule has 0 saturated heterocycles. The Morgan fingerprint density at radius 1 is 1.21 bits per heavy atom. The number of nitrogens with zero attached hydrogens (tertiary/aromatic N) is 2. The number of fused-ring (bicyclic) bond motifs is 1. The topological polar surface area (TPSA) is 64.0 Å². The molecule has 2 aromatic heterocycles. The molecule has 4 rings (SSSR count). The molecule has 2 aromatic carbocycles. The molecular formula is C25H23BrFN3O2S2. The smallest absolute Gasteiger partial charge is 0.267 e. The molecule has 1 amide bonds. The highest BCUT2D eigenvalue weighted by Crippen LogP contribution is 2.31. The van der Waals surface area contributed by atoms with Crippen LogP contribution in [0, 0.1) is 19.7 Å². The quantitative estimate of drug-likeness (QED) is 0.203. The zero-order valence-corrected chi connectivity index (χ0v) is 22.2. The summed E-state index contributed by atoms with van der Waals surface area (Å²) in [6.45, 7) is 6.02. The Labute approximate surface area is 213 Å². The van der Waals surface area contributed by atoms with Crippen LogP contribution in [0.5, 0.6) is 0 Å². The fourth-order valence-electron chi connectivity index (χ4n) is 3.63. The Bertz CT molecular complexity index is 1430. The third kappa shape index (κ3) is 5.11. The molecular weight excluding hydrogens is 537 g/mol. The van der Waals surface area contributed by atoms with Crippen molar-refractivity contribution in [3.05, 3.63) is 79.1 Å². The molecule has 0 fully saturated rings. The van der Waals surface area contributed by atoms with E-state index in [9.17, 15) is 14.0 Å². The summed E-state index contributed by atoms with van der Waals surface area (Å²) in [7, 11) is 0. The predicted molar refractivity (Wildman–Crippen MR) is 142 cm³/mol. The maximum absolute atomic E-state index is 13.6. The monoisotopic (exact) mass is 559 g/mol. The molecule has 1 N–H and O–H groups in total. The molecule has 2 heterocycles. The second kappa shape index (κ2) is 10.4. The molecule has 0 unspecified atom stereocenters. The molecule has 0 atom stereocenters. The molecule has 34 heavy (non-hydrogen) atoms. The van der Waals surface area contributed by atoms with Crippen molar-refractivity contribution in [2.75, 3.05) is 11.1 Å². The number of amides is 1. The van der Waals surface area contributed by atoms with E-state index in [4.69, 9.17) is 4.98 Å². The SMILES string of the molecule is CCCc1sc2nc(SCC(=O)Nc3ccc(C)cc3Br)n(-c3ccc(F)cc3)c(=O)c2c1C. The number of carbonyl (C=O) groups is 1. The van der Waals surface area contributed by atoms with E-state index in [2.05, 4.69) is 28.2 Å². The third-order valence-electron chi connectivity index (χ3n) is 5.33. The summed E-state index contributed by atoms with van der Waals surface area (Å²) in [6, 6.07) is 11.4. The van der Waals surface area contributed by atoms with Crippen molar-refractivity contribution >= 4 is 60.8 Å². The van der Waals surface area contributed by atoms with Crippen LogP contribution >= 0.6 is 39.0 Å². The van der Waals surface area contributed by atoms with Crippen LogP contribution in [0.15, 0.2) is 56.9 Å². The van der Waals surface area contributed by atoms with Crippen molar-refractivity contribution in [1.82, 2.24) is 9.55 Å². The van der Waals surface area contributed by atoms with Crippen LogP contribution < -0.4 is 10.9 Å². The number of benzene rings is 2. The van der Waals surface area contributed by atoms with E-state index in [1.54, 1.807) is 12.1 Å². The first-order chi connectivity index (χ1) is 16.3. The molecule has 0 aliphatic rings. The van der Waals surface area contributed by atoms with E-state index in [0.717, 1.165) is 33.3 Å². The first-order valence-corrected chi connectivity index (χ1v) is 13.4. The van der Waals surface area contributed by atoms with Crippen LogP contribution in [0.3, 0.4) is 0 Å². The number of aromatic nitrogens is 2. The first kappa shape index (κ1) is 24.6. The van der Waals surface area contributed by atoms with Gasteiger partial charge in [0.2, 0.25) is 5.91 Å². The van der Waals surface area contributed by atoms with Crippen molar-refractivity contribution in [2.45, 2.75) is 38.8 Å². The van der Waals surface area contributed by atoms with Gasteiger partial charge in [-0.05, 0) is 83.7 Å². The largest absolute Gasteiger partial charge is 0.324 e. The fourth-order valence-corrected chi connectivity index (χ4v) is 6.35. The summed E-state index contributed by atoms with van der Waals surface area (Å²) in [5.74, 6) is -0.547. The maximum Gasteiger partial charge on any atom is 0.267 e. The van der Waals surface area contributed by atoms with Crippen LogP contribution in [0.1, 0.15) is 29.3 Å². The van der Waals surface area contributed by atoms with Crippen LogP contribution in [0.2, 0.25) is 0 Å². The maximum atomic E-state index is 13.6. The number of anilines is 1. The van der Waals surface area contributed by atoms with Gasteiger partial charge in [0.25, 0.3) is 5.56 Å². The normalized spacial score (nSPS) is 11.2. The van der Waals surface area contributed by atoms with Gasteiger partial charge in [0.05, 0.1) is 22.5 Å². The van der Waals surface area contributed by atoms with Crippen molar-refractivity contribution in [3.63, 3.8) is 0 Å². The van der Waals surface area contributed by atoms with Crippen molar-refractivity contribution < 1.29 is 9.18 Å². The number of aryl methyl sites for hydroxylation is 3. The lowest BCUT2D eigenvalue weighted by Crippen LogP contribution is -2.23. The second-order valence-corrected chi connectivity index (χ2v) is 10.8. The minimum Gasteiger partial charge on any atom is -0.324 e. The molecule has 0 aliphatic carbocycles. The van der Waals surface area contributed by atoms with Crippen LogP contribution in [-0.4, -0.2) is 21.2 Å². The summed E-state index contributed by atoms with van der Waals surface area (Å²) < 4.78 is 15.8. The van der Waals surface area contributed by atoms with E-state index in [0.29, 0.717) is 26.7 Å². The first-order valence-electron chi connectivity index (χ1n) is 10.8. The highest BCUT2D eigenvalue weighted by Gasteiger charge is 2.20. The lowest BCUT2D eigenvalue weighted by Gasteiger charge is -2.13. The predicted octanol–water partition coefficient (Wildman–Crippen LogP) is 6.65. The average molecular weight is 561 g/mol. The number of thioether (sulfide) groups is 1. The van der Waals surface area contributed by atoms with Gasteiger partial charge in [-0.15, -0.1) is 11.3 Å². The minimum absolute atomic E-state index is 0.0611. The highest BCUT2D eigenvalue weighted by atomic mass is 79.9. The number of nitrogens with one attached hydrogen (secondary N) is 1. The van der Waals surface area contributed by atoms with E-state index in [-0.39, 0.29) is 23.0 Å². The Hall–Kier alpha value is -2.49. The Morgan fingerprint density at radius 2 is 1.94 bits per heavy atom. The van der Waals surface area contributed by atoms with Gasteiger partial charge in [0.1, 0.15) is 10.6 Å². The second-order valence-electron chi connectivity index (χ2n) is 7.91. The van der Waals surface area contributed by atoms with Gasteiger partial charge >= 0.3 is 0 Å². The van der Waals surface area contributed by atoms with E-state index < -0.39 is 0 Å². The summed E-state index contributed by atoms with van der Waals surface area (Å²) in [6.07, 6.45) is 1.84. The number of carbonyl (C=O) groups excluding carboxylic acids is 1. The summed E-state index contributed by atoms with van der Waals surface area (Å²) >= 11 is 6.17. The Morgan fingerprint density at radius 3 is 2.62 bits per heavy atom. The fraction of sp³-hybridized carbons (Fsp3) is 0.240. The molecule has 0 radical (unpaired) electrons. The summed E-state index contributed by atoms with van der Waals surface area (Å²) in [5.41, 5.74) is 2.99. The minimum atomic E-state index is -0.389. The van der Waals surface area contributed by atoms with Crippen molar-refractivity contribution in [2.24, 2.45) is 0 Å². The zero-order valence-electron chi connectivity index (χ0n) is 18.9. The van der Waals surface area contributed by atoms with Crippen LogP contribution in [-0.2, 0) is 11.2 Å². The van der Waals surface area contributed by atoms with Gasteiger partial charge < -0.3 is 5.32 Å². The molecule has 0 spiro atoms. The number of rotatable bonds is 7. The summed E-state index contributed by atoms with van der Waals surface area (Å²) in [4.78, 5) is 32.9. The van der Waals surface area contributed by atoms with E-state index in [1.165, 1.54) is 39.8 Å². The molecule has 0 aliphatic heterocycles. The van der Waals surface area contributed by atoms with E-state index >= 15 is 0 Å². The van der Waals surface area contributed by atoms with Gasteiger partial charge in [-0.2, -0.15) is 0 Å². The van der Waals surface area contributed by atoms with Gasteiger partial charge in [-0.1, -0.05) is 31.2 Å². The standard InChI is InChI=1S/C25H23BrFN3O2S2/c1-4-5-20-15(3)22-23(34-20)29-25(30(24(22)32)17-9-7-16(27)8-10-17)33-13-21(31)28-19-11-6-14(2)12-18(19)26/h6-12H,4-5,13H2,1-3H3,(H,28,31). The van der Waals surface area contributed by atoms with Gasteiger partial charge in [-0.3, -0.25) is 14.2 Å². The number of thiophene rings is 1. The molecule has 9 heteroatoms. The molecule has 0 saturated carbocycles. The third-order valence-corrected chi connectivity index (χ3v) is 8.17. The zero-order chi connectivity index (χ0) is 24.4. The van der Waals surface area contributed by atoms with Crippen molar-refractivity contribution in [1.29, 1.82) is 0 Å². The van der Waals surface area contributed by atoms with Crippen molar-refractivity contribution in [3.8, 4) is 5.69 Å². The molecule has 4 aromatic rings. The summed E-state index contributed by atoms with van der Waals surface area (Å²) in [5, 5.41) is 3.86. The van der Waals surface area contributed by atoms with Crippen LogP contribution in [0.25, 0.3) is 15.9 Å². The lowest BCUT2D eigenvalue weighted by atomic mass is 10.1. The highest BCUT2D eigenvalue weighted by molar-refractivity contribution is 9.10. The molecule has 176 valence electrons. The number of hydrogen-bond acceptors (Lipinski definition) is 5. The average Bonchev–Trinajstić information content (AvgIpc) is 3.11. The molecule has 5 nitrogen and oxygen atoms in total. The Kier molecular flexibility index (Phi) is 7.54.